The smallest absolute Gasteiger partial charge is 0.0447 e. The molecule has 19 heavy (non-hydrogen) atoms. The topological polar surface area (TPSA) is 15.3 Å². The minimum Gasteiger partial charge on any atom is -0.368 e. The van der Waals surface area contributed by atoms with Gasteiger partial charge in [0, 0.05) is 36.7 Å². The van der Waals surface area contributed by atoms with Crippen molar-refractivity contribution in [1.82, 2.24) is 5.32 Å². The Morgan fingerprint density at radius 1 is 1.11 bits per heavy atom. The first-order valence-electron chi connectivity index (χ1n) is 7.14. The Bertz CT molecular complexity index is 595. The Kier molecular flexibility index (Phi) is 3.19. The Morgan fingerprint density at radius 3 is 2.68 bits per heavy atom. The first-order valence-corrected chi connectivity index (χ1v) is 7.14. The highest BCUT2D eigenvalue weighted by molar-refractivity contribution is 5.98. The van der Waals surface area contributed by atoms with Crippen LogP contribution < -0.4 is 10.2 Å². The third kappa shape index (κ3) is 2.21. The summed E-state index contributed by atoms with van der Waals surface area (Å²) >= 11 is 0. The van der Waals surface area contributed by atoms with Gasteiger partial charge in [0.1, 0.15) is 0 Å². The second-order valence-corrected chi connectivity index (χ2v) is 5.70. The molecule has 0 amide bonds. The van der Waals surface area contributed by atoms with Gasteiger partial charge in [0.05, 0.1) is 0 Å². The molecule has 2 aromatic rings. The molecule has 2 heteroatoms. The third-order valence-corrected chi connectivity index (χ3v) is 4.14. The summed E-state index contributed by atoms with van der Waals surface area (Å²) in [4.78, 5) is 2.52. The monoisotopic (exact) mass is 254 g/mol. The first kappa shape index (κ1) is 12.5. The molecule has 0 aliphatic carbocycles. The fourth-order valence-corrected chi connectivity index (χ4v) is 3.21. The van der Waals surface area contributed by atoms with Crippen molar-refractivity contribution in [2.24, 2.45) is 0 Å². The lowest BCUT2D eigenvalue weighted by molar-refractivity contribution is 0.485. The summed E-state index contributed by atoms with van der Waals surface area (Å²) in [6.07, 6.45) is 0. The van der Waals surface area contributed by atoms with E-state index in [4.69, 9.17) is 0 Å². The summed E-state index contributed by atoms with van der Waals surface area (Å²) in [6.45, 7) is 9.93. The summed E-state index contributed by atoms with van der Waals surface area (Å²) in [5.41, 5.74) is 4.14. The zero-order valence-corrected chi connectivity index (χ0v) is 12.0. The van der Waals surface area contributed by atoms with Crippen LogP contribution in [0.4, 0.5) is 5.69 Å². The summed E-state index contributed by atoms with van der Waals surface area (Å²) in [5.74, 6) is 0. The number of rotatable bonds is 1. The standard InChI is InChI=1S/C17H22N2/c1-12-5-4-6-15-16(8-7-13(2)17(12)15)19-10-9-18-14(3)11-19/h4-8,14,18H,9-11H2,1-3H3/t14-/m1/s1. The van der Waals surface area contributed by atoms with E-state index in [1.165, 1.54) is 27.6 Å². The van der Waals surface area contributed by atoms with Gasteiger partial charge in [-0.2, -0.15) is 0 Å². The van der Waals surface area contributed by atoms with Crippen molar-refractivity contribution in [3.63, 3.8) is 0 Å². The molecule has 2 nitrogen and oxygen atoms in total. The molecule has 0 unspecified atom stereocenters. The second kappa shape index (κ2) is 4.86. The van der Waals surface area contributed by atoms with E-state index in [-0.39, 0.29) is 0 Å². The van der Waals surface area contributed by atoms with Crippen molar-refractivity contribution < 1.29 is 0 Å². The van der Waals surface area contributed by atoms with E-state index in [0.717, 1.165) is 19.6 Å². The van der Waals surface area contributed by atoms with Crippen LogP contribution in [0.3, 0.4) is 0 Å². The maximum absolute atomic E-state index is 3.51. The van der Waals surface area contributed by atoms with Gasteiger partial charge in [-0.05, 0) is 43.4 Å². The number of nitrogens with one attached hydrogen (secondary N) is 1. The van der Waals surface area contributed by atoms with Gasteiger partial charge in [-0.3, -0.25) is 0 Å². The van der Waals surface area contributed by atoms with Crippen molar-refractivity contribution in [2.45, 2.75) is 26.8 Å². The third-order valence-electron chi connectivity index (χ3n) is 4.14. The molecule has 2 aromatic carbocycles. The van der Waals surface area contributed by atoms with Gasteiger partial charge in [-0.15, -0.1) is 0 Å². The zero-order chi connectivity index (χ0) is 13.4. The molecule has 1 saturated heterocycles. The fraction of sp³-hybridized carbons (Fsp3) is 0.412. The molecule has 100 valence electrons. The quantitative estimate of drug-likeness (QED) is 0.840. The lowest BCUT2D eigenvalue weighted by atomic mass is 9.98. The SMILES string of the molecule is Cc1cccc2c(N3CCN[C@H](C)C3)ccc(C)c12. The summed E-state index contributed by atoms with van der Waals surface area (Å²) < 4.78 is 0. The van der Waals surface area contributed by atoms with Gasteiger partial charge in [-0.1, -0.05) is 24.3 Å². The van der Waals surface area contributed by atoms with Crippen LogP contribution in [0.5, 0.6) is 0 Å². The van der Waals surface area contributed by atoms with E-state index in [1.807, 2.05) is 0 Å². The van der Waals surface area contributed by atoms with Crippen LogP contribution in [0.25, 0.3) is 10.8 Å². The average molecular weight is 254 g/mol. The Hall–Kier alpha value is -1.54. The molecule has 1 atom stereocenters. The van der Waals surface area contributed by atoms with Gasteiger partial charge >= 0.3 is 0 Å². The van der Waals surface area contributed by atoms with E-state index in [0.29, 0.717) is 6.04 Å². The fourth-order valence-electron chi connectivity index (χ4n) is 3.21. The summed E-state index contributed by atoms with van der Waals surface area (Å²) in [7, 11) is 0. The molecule has 1 fully saturated rings. The predicted molar refractivity (Wildman–Crippen MR) is 83.1 cm³/mol. The number of hydrogen-bond donors (Lipinski definition) is 1. The molecule has 0 saturated carbocycles. The van der Waals surface area contributed by atoms with Crippen LogP contribution in [0.1, 0.15) is 18.1 Å². The van der Waals surface area contributed by atoms with Crippen molar-refractivity contribution in [1.29, 1.82) is 0 Å². The lowest BCUT2D eigenvalue weighted by Crippen LogP contribution is -2.49. The molecular formula is C17H22N2. The van der Waals surface area contributed by atoms with Gasteiger partial charge in [0.2, 0.25) is 0 Å². The number of anilines is 1. The van der Waals surface area contributed by atoms with E-state index in [2.05, 4.69) is 61.3 Å². The maximum atomic E-state index is 3.51. The molecular weight excluding hydrogens is 232 g/mol. The largest absolute Gasteiger partial charge is 0.368 e. The van der Waals surface area contributed by atoms with Crippen molar-refractivity contribution in [2.75, 3.05) is 24.5 Å². The average Bonchev–Trinajstić information content (AvgIpc) is 2.39. The summed E-state index contributed by atoms with van der Waals surface area (Å²) in [5, 5.41) is 6.33. The van der Waals surface area contributed by atoms with Crippen LogP contribution in [-0.4, -0.2) is 25.7 Å². The van der Waals surface area contributed by atoms with Crippen LogP contribution in [-0.2, 0) is 0 Å². The molecule has 0 radical (unpaired) electrons. The molecule has 3 rings (SSSR count). The van der Waals surface area contributed by atoms with E-state index < -0.39 is 0 Å². The van der Waals surface area contributed by atoms with Crippen molar-refractivity contribution >= 4 is 16.5 Å². The molecule has 0 aromatic heterocycles. The van der Waals surface area contributed by atoms with Crippen LogP contribution in [0.2, 0.25) is 0 Å². The van der Waals surface area contributed by atoms with Crippen molar-refractivity contribution in [3.8, 4) is 0 Å². The Labute approximate surface area is 115 Å². The van der Waals surface area contributed by atoms with Crippen LogP contribution in [0, 0.1) is 13.8 Å². The molecule has 1 N–H and O–H groups in total. The zero-order valence-electron chi connectivity index (χ0n) is 12.0. The number of hydrogen-bond acceptors (Lipinski definition) is 2. The van der Waals surface area contributed by atoms with Gasteiger partial charge in [-0.25, -0.2) is 0 Å². The summed E-state index contributed by atoms with van der Waals surface area (Å²) in [6, 6.07) is 11.8. The molecule has 0 bridgehead atoms. The number of aryl methyl sites for hydroxylation is 2. The molecule has 0 spiro atoms. The van der Waals surface area contributed by atoms with Gasteiger partial charge in [0.15, 0.2) is 0 Å². The highest BCUT2D eigenvalue weighted by atomic mass is 15.2. The molecule has 1 aliphatic heterocycles. The van der Waals surface area contributed by atoms with Crippen LogP contribution >= 0.6 is 0 Å². The van der Waals surface area contributed by atoms with E-state index in [1.54, 1.807) is 0 Å². The minimum absolute atomic E-state index is 0.565. The first-order chi connectivity index (χ1) is 9.16. The number of benzene rings is 2. The van der Waals surface area contributed by atoms with E-state index in [9.17, 15) is 0 Å². The Morgan fingerprint density at radius 2 is 1.89 bits per heavy atom. The highest BCUT2D eigenvalue weighted by Crippen LogP contribution is 2.31. The second-order valence-electron chi connectivity index (χ2n) is 5.70. The minimum atomic E-state index is 0.565. The number of nitrogens with zero attached hydrogens (tertiary/aromatic N) is 1. The van der Waals surface area contributed by atoms with Gasteiger partial charge in [0.25, 0.3) is 0 Å². The van der Waals surface area contributed by atoms with Gasteiger partial charge < -0.3 is 10.2 Å². The molecule has 1 heterocycles. The lowest BCUT2D eigenvalue weighted by Gasteiger charge is -2.34. The Balaban J connectivity index is 2.14. The number of piperazine rings is 1. The van der Waals surface area contributed by atoms with Crippen LogP contribution in [0.15, 0.2) is 30.3 Å². The molecule has 1 aliphatic rings. The predicted octanol–water partition coefficient (Wildman–Crippen LogP) is 3.25. The normalized spacial score (nSPS) is 19.9. The van der Waals surface area contributed by atoms with Crippen molar-refractivity contribution in [3.05, 3.63) is 41.5 Å². The van der Waals surface area contributed by atoms with E-state index >= 15 is 0 Å². The highest BCUT2D eigenvalue weighted by Gasteiger charge is 2.18. The maximum Gasteiger partial charge on any atom is 0.0447 e. The number of fused-ring (bicyclic) bond motifs is 1.